The molecule has 0 radical (unpaired) electrons. The van der Waals surface area contributed by atoms with E-state index >= 15 is 0 Å². The van der Waals surface area contributed by atoms with Gasteiger partial charge in [0.05, 0.1) is 29.3 Å². The molecule has 0 amide bonds. The normalized spacial score (nSPS) is 11.0. The van der Waals surface area contributed by atoms with Gasteiger partial charge in [-0.15, -0.1) is 11.3 Å². The Hall–Kier alpha value is -2.22. The molecule has 3 aromatic heterocycles. The Balaban J connectivity index is 1.97. The second kappa shape index (κ2) is 5.65. The SMILES string of the molecule is CCNc1nc(N(C)Cc2scnc2C)c2cn[nH]c2n1. The summed E-state index contributed by atoms with van der Waals surface area (Å²) in [6.07, 6.45) is 1.76. The second-order valence-electron chi connectivity index (χ2n) is 4.75. The van der Waals surface area contributed by atoms with Crippen LogP contribution in [0.2, 0.25) is 0 Å². The number of aryl methyl sites for hydroxylation is 1. The van der Waals surface area contributed by atoms with Gasteiger partial charge in [-0.1, -0.05) is 0 Å². The fourth-order valence-corrected chi connectivity index (χ4v) is 2.95. The number of fused-ring (bicyclic) bond motifs is 1. The summed E-state index contributed by atoms with van der Waals surface area (Å²) in [4.78, 5) is 16.6. The van der Waals surface area contributed by atoms with Crippen LogP contribution < -0.4 is 10.2 Å². The quantitative estimate of drug-likeness (QED) is 0.752. The molecule has 0 aromatic carbocycles. The number of anilines is 2. The van der Waals surface area contributed by atoms with E-state index in [9.17, 15) is 0 Å². The first-order valence-electron chi connectivity index (χ1n) is 6.74. The molecule has 0 bridgehead atoms. The number of hydrogen-bond acceptors (Lipinski definition) is 7. The fraction of sp³-hybridized carbons (Fsp3) is 0.385. The number of aromatic nitrogens is 5. The zero-order valence-electron chi connectivity index (χ0n) is 12.2. The third-order valence-corrected chi connectivity index (χ3v) is 4.13. The number of hydrogen-bond donors (Lipinski definition) is 2. The number of nitrogens with zero attached hydrogens (tertiary/aromatic N) is 5. The van der Waals surface area contributed by atoms with Crippen LogP contribution in [-0.4, -0.2) is 38.7 Å². The van der Waals surface area contributed by atoms with Gasteiger partial charge in [-0.2, -0.15) is 15.1 Å². The van der Waals surface area contributed by atoms with Gasteiger partial charge in [-0.3, -0.25) is 5.10 Å². The van der Waals surface area contributed by atoms with Crippen LogP contribution in [0.15, 0.2) is 11.7 Å². The topological polar surface area (TPSA) is 82.6 Å². The van der Waals surface area contributed by atoms with Crippen molar-refractivity contribution in [3.8, 4) is 0 Å². The zero-order valence-corrected chi connectivity index (χ0v) is 13.0. The van der Waals surface area contributed by atoms with E-state index in [0.29, 0.717) is 5.95 Å². The number of aromatic amines is 1. The van der Waals surface area contributed by atoms with E-state index in [1.54, 1.807) is 17.5 Å². The molecule has 3 rings (SSSR count). The first-order chi connectivity index (χ1) is 10.2. The van der Waals surface area contributed by atoms with Crippen LogP contribution in [0.4, 0.5) is 11.8 Å². The highest BCUT2D eigenvalue weighted by Gasteiger charge is 2.14. The fourth-order valence-electron chi connectivity index (χ4n) is 2.12. The summed E-state index contributed by atoms with van der Waals surface area (Å²) in [5.74, 6) is 1.47. The third-order valence-electron chi connectivity index (χ3n) is 3.21. The lowest BCUT2D eigenvalue weighted by molar-refractivity contribution is 0.902. The highest BCUT2D eigenvalue weighted by molar-refractivity contribution is 7.09. The van der Waals surface area contributed by atoms with Crippen LogP contribution in [0.5, 0.6) is 0 Å². The van der Waals surface area contributed by atoms with Crippen molar-refractivity contribution in [2.24, 2.45) is 0 Å². The minimum Gasteiger partial charge on any atom is -0.354 e. The van der Waals surface area contributed by atoms with Crippen molar-refractivity contribution >= 4 is 34.1 Å². The highest BCUT2D eigenvalue weighted by atomic mass is 32.1. The lowest BCUT2D eigenvalue weighted by Crippen LogP contribution is -2.19. The van der Waals surface area contributed by atoms with E-state index in [4.69, 9.17) is 0 Å². The summed E-state index contributed by atoms with van der Waals surface area (Å²) in [6.45, 7) is 5.58. The minimum absolute atomic E-state index is 0.608. The van der Waals surface area contributed by atoms with E-state index in [1.165, 1.54) is 4.88 Å². The molecule has 8 heteroatoms. The summed E-state index contributed by atoms with van der Waals surface area (Å²) >= 11 is 1.66. The van der Waals surface area contributed by atoms with Crippen molar-refractivity contribution in [1.82, 2.24) is 25.1 Å². The molecular weight excluding hydrogens is 286 g/mol. The van der Waals surface area contributed by atoms with E-state index in [-0.39, 0.29) is 0 Å². The summed E-state index contributed by atoms with van der Waals surface area (Å²) < 4.78 is 0. The molecule has 0 aliphatic rings. The van der Waals surface area contributed by atoms with E-state index in [0.717, 1.165) is 35.6 Å². The first-order valence-corrected chi connectivity index (χ1v) is 7.62. The van der Waals surface area contributed by atoms with Crippen LogP contribution in [-0.2, 0) is 6.54 Å². The van der Waals surface area contributed by atoms with Gasteiger partial charge < -0.3 is 10.2 Å². The largest absolute Gasteiger partial charge is 0.354 e. The molecule has 0 aliphatic heterocycles. The molecule has 21 heavy (non-hydrogen) atoms. The maximum absolute atomic E-state index is 4.60. The van der Waals surface area contributed by atoms with Gasteiger partial charge in [0.15, 0.2) is 5.65 Å². The maximum atomic E-state index is 4.60. The summed E-state index contributed by atoms with van der Waals surface area (Å²) in [5.41, 5.74) is 3.68. The van der Waals surface area contributed by atoms with Crippen LogP contribution >= 0.6 is 11.3 Å². The molecule has 0 saturated carbocycles. The van der Waals surface area contributed by atoms with E-state index in [2.05, 4.69) is 35.4 Å². The number of nitrogens with one attached hydrogen (secondary N) is 2. The first kappa shape index (κ1) is 13.7. The average molecular weight is 303 g/mol. The second-order valence-corrected chi connectivity index (χ2v) is 5.69. The molecule has 110 valence electrons. The molecule has 3 heterocycles. The number of rotatable bonds is 5. The van der Waals surface area contributed by atoms with Gasteiger partial charge in [0.2, 0.25) is 5.95 Å². The van der Waals surface area contributed by atoms with Gasteiger partial charge >= 0.3 is 0 Å². The molecule has 0 atom stereocenters. The Morgan fingerprint density at radius 1 is 1.38 bits per heavy atom. The Labute approximate surface area is 126 Å². The summed E-state index contributed by atoms with van der Waals surface area (Å²) in [7, 11) is 2.02. The standard InChI is InChI=1S/C13H17N7S/c1-4-14-13-17-11-9(5-16-19-11)12(18-13)20(3)6-10-8(2)15-7-21-10/h5,7H,4,6H2,1-3H3,(H2,14,16,17,18,19). The monoisotopic (exact) mass is 303 g/mol. The van der Waals surface area contributed by atoms with Gasteiger partial charge in [-0.05, 0) is 13.8 Å². The summed E-state index contributed by atoms with van der Waals surface area (Å²) in [5, 5.41) is 11.0. The molecule has 2 N–H and O–H groups in total. The molecule has 7 nitrogen and oxygen atoms in total. The molecule has 0 saturated heterocycles. The van der Waals surface area contributed by atoms with E-state index in [1.807, 2.05) is 26.4 Å². The Bertz CT molecular complexity index is 748. The molecule has 0 unspecified atom stereocenters. The molecule has 0 fully saturated rings. The van der Waals surface area contributed by atoms with Crippen molar-refractivity contribution in [3.05, 3.63) is 22.3 Å². The van der Waals surface area contributed by atoms with E-state index < -0.39 is 0 Å². The van der Waals surface area contributed by atoms with Crippen molar-refractivity contribution in [2.75, 3.05) is 23.8 Å². The highest BCUT2D eigenvalue weighted by Crippen LogP contribution is 2.25. The molecular formula is C13H17N7S. The molecule has 3 aromatic rings. The summed E-state index contributed by atoms with van der Waals surface area (Å²) in [6, 6.07) is 0. The Kier molecular flexibility index (Phi) is 3.70. The lowest BCUT2D eigenvalue weighted by Gasteiger charge is -2.19. The number of H-pyrrole nitrogens is 1. The van der Waals surface area contributed by atoms with Gasteiger partial charge in [-0.25, -0.2) is 4.98 Å². The zero-order chi connectivity index (χ0) is 14.8. The van der Waals surface area contributed by atoms with Crippen LogP contribution in [0, 0.1) is 6.92 Å². The van der Waals surface area contributed by atoms with Crippen molar-refractivity contribution < 1.29 is 0 Å². The predicted molar refractivity (Wildman–Crippen MR) is 84.8 cm³/mol. The third kappa shape index (κ3) is 2.66. The number of thiazole rings is 1. The molecule has 0 aliphatic carbocycles. The van der Waals surface area contributed by atoms with Gasteiger partial charge in [0, 0.05) is 18.5 Å². The van der Waals surface area contributed by atoms with Crippen LogP contribution in [0.25, 0.3) is 11.0 Å². The smallest absolute Gasteiger partial charge is 0.226 e. The van der Waals surface area contributed by atoms with Gasteiger partial charge in [0.1, 0.15) is 5.82 Å². The Morgan fingerprint density at radius 2 is 2.24 bits per heavy atom. The molecule has 0 spiro atoms. The van der Waals surface area contributed by atoms with Crippen molar-refractivity contribution in [2.45, 2.75) is 20.4 Å². The predicted octanol–water partition coefficient (Wildman–Crippen LogP) is 2.19. The van der Waals surface area contributed by atoms with Crippen LogP contribution in [0.3, 0.4) is 0 Å². The van der Waals surface area contributed by atoms with Crippen molar-refractivity contribution in [1.29, 1.82) is 0 Å². The minimum atomic E-state index is 0.608. The lowest BCUT2D eigenvalue weighted by atomic mass is 10.3. The van der Waals surface area contributed by atoms with Gasteiger partial charge in [0.25, 0.3) is 0 Å². The average Bonchev–Trinajstić information content (AvgIpc) is 3.08. The Morgan fingerprint density at radius 3 is 2.95 bits per heavy atom. The van der Waals surface area contributed by atoms with Crippen LogP contribution in [0.1, 0.15) is 17.5 Å². The van der Waals surface area contributed by atoms with Crippen molar-refractivity contribution in [3.63, 3.8) is 0 Å². The maximum Gasteiger partial charge on any atom is 0.226 e.